The van der Waals surface area contributed by atoms with E-state index in [1.807, 2.05) is 0 Å². The predicted molar refractivity (Wildman–Crippen MR) is 38.2 cm³/mol. The van der Waals surface area contributed by atoms with Gasteiger partial charge >= 0.3 is 0 Å². The van der Waals surface area contributed by atoms with Crippen LogP contribution in [0.15, 0.2) is 36.7 Å². The zero-order valence-electron chi connectivity index (χ0n) is 5.29. The zero-order chi connectivity index (χ0) is 7.40. The van der Waals surface area contributed by atoms with E-state index in [0.29, 0.717) is 5.56 Å². The summed E-state index contributed by atoms with van der Waals surface area (Å²) >= 11 is 0. The van der Waals surface area contributed by atoms with Crippen molar-refractivity contribution >= 4 is 5.76 Å². The van der Waals surface area contributed by atoms with Gasteiger partial charge in [-0.15, -0.1) is 0 Å². The summed E-state index contributed by atoms with van der Waals surface area (Å²) in [6, 6.07) is 8.52. The highest BCUT2D eigenvalue weighted by Crippen LogP contribution is 2.09. The number of aliphatic hydroxyl groups excluding tert-OH is 1. The molecule has 0 spiro atoms. The van der Waals surface area contributed by atoms with E-state index in [4.69, 9.17) is 5.11 Å². The largest absolute Gasteiger partial charge is 0.505 e. The average Bonchev–Trinajstić information content (AvgIpc) is 2.05. The lowest BCUT2D eigenvalue weighted by atomic mass is 10.2. The molecule has 1 aromatic rings. The molecular formula is C8H7FO. The van der Waals surface area contributed by atoms with Gasteiger partial charge in [0, 0.05) is 5.56 Å². The molecule has 0 fully saturated rings. The highest BCUT2D eigenvalue weighted by atomic mass is 19.1. The van der Waals surface area contributed by atoms with Crippen LogP contribution in [0.3, 0.4) is 0 Å². The van der Waals surface area contributed by atoms with E-state index >= 15 is 0 Å². The maximum Gasteiger partial charge on any atom is 0.150 e. The molecule has 1 rings (SSSR count). The summed E-state index contributed by atoms with van der Waals surface area (Å²) < 4.78 is 11.7. The molecule has 0 aromatic heterocycles. The van der Waals surface area contributed by atoms with Crippen LogP contribution >= 0.6 is 0 Å². The Morgan fingerprint density at radius 2 is 1.90 bits per heavy atom. The van der Waals surface area contributed by atoms with E-state index in [1.165, 1.54) is 0 Å². The molecule has 0 heterocycles. The van der Waals surface area contributed by atoms with Crippen LogP contribution < -0.4 is 0 Å². The van der Waals surface area contributed by atoms with Gasteiger partial charge in [-0.05, 0) is 0 Å². The molecule has 1 N–H and O–H groups in total. The average molecular weight is 138 g/mol. The molecule has 1 nitrogen and oxygen atoms in total. The van der Waals surface area contributed by atoms with Gasteiger partial charge in [-0.25, -0.2) is 4.39 Å². The van der Waals surface area contributed by atoms with Gasteiger partial charge in [0.15, 0.2) is 5.76 Å². The fraction of sp³-hybridized carbons (Fsp3) is 0. The molecule has 1 aromatic carbocycles. The van der Waals surface area contributed by atoms with Crippen molar-refractivity contribution < 1.29 is 9.50 Å². The Labute approximate surface area is 58.4 Å². The number of hydrogen-bond acceptors (Lipinski definition) is 1. The standard InChI is InChI=1S/C8H7FO/c9-6-8(10)7-4-2-1-3-5-7/h1-6,10H/b8-6-. The lowest BCUT2D eigenvalue weighted by molar-refractivity contribution is 0.496. The molecule has 0 amide bonds. The highest BCUT2D eigenvalue weighted by Gasteiger charge is 1.93. The number of halogens is 1. The van der Waals surface area contributed by atoms with E-state index in [9.17, 15) is 4.39 Å². The van der Waals surface area contributed by atoms with Crippen molar-refractivity contribution in [3.63, 3.8) is 0 Å². The molecule has 0 aliphatic carbocycles. The molecule has 0 aliphatic heterocycles. The monoisotopic (exact) mass is 138 g/mol. The van der Waals surface area contributed by atoms with Crippen LogP contribution in [0.5, 0.6) is 0 Å². The maximum atomic E-state index is 11.7. The summed E-state index contributed by atoms with van der Waals surface area (Å²) in [5.74, 6) is -0.333. The lowest BCUT2D eigenvalue weighted by Crippen LogP contribution is -1.78. The quantitative estimate of drug-likeness (QED) is 0.591. The normalized spacial score (nSPS) is 11.5. The summed E-state index contributed by atoms with van der Waals surface area (Å²) in [4.78, 5) is 0. The fourth-order valence-corrected chi connectivity index (χ4v) is 0.672. The summed E-state index contributed by atoms with van der Waals surface area (Å²) in [7, 11) is 0. The molecule has 2 heteroatoms. The Hall–Kier alpha value is -1.31. The molecule has 0 atom stereocenters. The summed E-state index contributed by atoms with van der Waals surface area (Å²) in [6.45, 7) is 0. The van der Waals surface area contributed by atoms with E-state index in [-0.39, 0.29) is 12.1 Å². The fourth-order valence-electron chi connectivity index (χ4n) is 0.672. The second-order valence-electron chi connectivity index (χ2n) is 1.86. The third-order valence-electron chi connectivity index (χ3n) is 1.17. The van der Waals surface area contributed by atoms with Gasteiger partial charge in [-0.3, -0.25) is 0 Å². The van der Waals surface area contributed by atoms with E-state index in [0.717, 1.165) is 0 Å². The second-order valence-corrected chi connectivity index (χ2v) is 1.86. The minimum atomic E-state index is -0.333. The van der Waals surface area contributed by atoms with Gasteiger partial charge in [0.05, 0.1) is 0 Å². The van der Waals surface area contributed by atoms with Gasteiger partial charge in [-0.2, -0.15) is 0 Å². The highest BCUT2D eigenvalue weighted by molar-refractivity contribution is 5.56. The number of aliphatic hydroxyl groups is 1. The van der Waals surface area contributed by atoms with E-state index in [2.05, 4.69) is 0 Å². The van der Waals surface area contributed by atoms with Gasteiger partial charge < -0.3 is 5.11 Å². The Morgan fingerprint density at radius 3 is 2.40 bits per heavy atom. The number of rotatable bonds is 1. The van der Waals surface area contributed by atoms with Gasteiger partial charge in [-0.1, -0.05) is 30.3 Å². The first-order chi connectivity index (χ1) is 4.84. The van der Waals surface area contributed by atoms with Crippen molar-refractivity contribution in [2.24, 2.45) is 0 Å². The van der Waals surface area contributed by atoms with Crippen molar-refractivity contribution in [1.29, 1.82) is 0 Å². The van der Waals surface area contributed by atoms with Crippen LogP contribution in [0.25, 0.3) is 5.76 Å². The topological polar surface area (TPSA) is 20.2 Å². The third kappa shape index (κ3) is 1.35. The van der Waals surface area contributed by atoms with Crippen LogP contribution in [0.2, 0.25) is 0 Å². The van der Waals surface area contributed by atoms with Crippen LogP contribution in [0.1, 0.15) is 5.56 Å². The molecular weight excluding hydrogens is 131 g/mol. The number of benzene rings is 1. The Bertz CT molecular complexity index is 228. The Kier molecular flexibility index (Phi) is 2.05. The van der Waals surface area contributed by atoms with Crippen molar-refractivity contribution in [3.05, 3.63) is 42.2 Å². The summed E-state index contributed by atoms with van der Waals surface area (Å²) in [6.07, 6.45) is 0.176. The van der Waals surface area contributed by atoms with Gasteiger partial charge in [0.1, 0.15) is 6.33 Å². The minimum Gasteiger partial charge on any atom is -0.505 e. The molecule has 0 unspecified atom stereocenters. The molecule has 0 radical (unpaired) electrons. The van der Waals surface area contributed by atoms with Crippen molar-refractivity contribution in [3.8, 4) is 0 Å². The summed E-state index contributed by atoms with van der Waals surface area (Å²) in [5, 5.41) is 8.82. The lowest BCUT2D eigenvalue weighted by Gasteiger charge is -1.94. The zero-order valence-corrected chi connectivity index (χ0v) is 5.29. The molecule has 10 heavy (non-hydrogen) atoms. The minimum absolute atomic E-state index is 0.176. The predicted octanol–water partition coefficient (Wildman–Crippen LogP) is 2.51. The first kappa shape index (κ1) is 6.81. The van der Waals surface area contributed by atoms with Gasteiger partial charge in [0.2, 0.25) is 0 Å². The van der Waals surface area contributed by atoms with E-state index < -0.39 is 0 Å². The van der Waals surface area contributed by atoms with Crippen LogP contribution in [-0.4, -0.2) is 5.11 Å². The number of hydrogen-bond donors (Lipinski definition) is 1. The molecule has 0 saturated heterocycles. The van der Waals surface area contributed by atoms with E-state index in [1.54, 1.807) is 30.3 Å². The SMILES string of the molecule is O/C(=C\F)c1ccccc1. The Morgan fingerprint density at radius 1 is 1.30 bits per heavy atom. The molecule has 0 aliphatic rings. The Balaban J connectivity index is 2.96. The van der Waals surface area contributed by atoms with Crippen molar-refractivity contribution in [2.45, 2.75) is 0 Å². The molecule has 52 valence electrons. The van der Waals surface area contributed by atoms with Crippen molar-refractivity contribution in [1.82, 2.24) is 0 Å². The molecule has 0 saturated carbocycles. The first-order valence-electron chi connectivity index (χ1n) is 2.89. The maximum absolute atomic E-state index is 11.7. The first-order valence-corrected chi connectivity index (χ1v) is 2.89. The van der Waals surface area contributed by atoms with Crippen molar-refractivity contribution in [2.75, 3.05) is 0 Å². The second kappa shape index (κ2) is 3.01. The van der Waals surface area contributed by atoms with Crippen LogP contribution in [0.4, 0.5) is 4.39 Å². The molecule has 0 bridgehead atoms. The van der Waals surface area contributed by atoms with Crippen LogP contribution in [-0.2, 0) is 0 Å². The van der Waals surface area contributed by atoms with Crippen LogP contribution in [0, 0.1) is 0 Å². The third-order valence-corrected chi connectivity index (χ3v) is 1.17. The van der Waals surface area contributed by atoms with Gasteiger partial charge in [0.25, 0.3) is 0 Å². The summed E-state index contributed by atoms with van der Waals surface area (Å²) in [5.41, 5.74) is 0.491. The smallest absolute Gasteiger partial charge is 0.150 e.